The molecule has 1 aromatic carbocycles. The normalized spacial score (nSPS) is 13.6. The van der Waals surface area contributed by atoms with E-state index in [2.05, 4.69) is 45.5 Å². The van der Waals surface area contributed by atoms with Crippen molar-refractivity contribution in [3.63, 3.8) is 0 Å². The molecular formula is C15H17N3O. The number of hydrogen-bond acceptors (Lipinski definition) is 4. The zero-order chi connectivity index (χ0) is 13.1. The molecule has 1 aliphatic rings. The highest BCUT2D eigenvalue weighted by Crippen LogP contribution is 2.30. The third-order valence-corrected chi connectivity index (χ3v) is 3.35. The summed E-state index contributed by atoms with van der Waals surface area (Å²) in [5.74, 6) is 0.707. The second-order valence-electron chi connectivity index (χ2n) is 4.54. The van der Waals surface area contributed by atoms with Crippen LogP contribution in [-0.4, -0.2) is 25.2 Å². The predicted octanol–water partition coefficient (Wildman–Crippen LogP) is 2.52. The van der Waals surface area contributed by atoms with Gasteiger partial charge in [-0.1, -0.05) is 18.2 Å². The molecule has 1 aliphatic heterocycles. The maximum Gasteiger partial charge on any atom is 0.218 e. The number of para-hydroxylation sites is 2. The molecule has 0 atom stereocenters. The minimum absolute atomic E-state index is 0.707. The Bertz CT molecular complexity index is 571. The van der Waals surface area contributed by atoms with Gasteiger partial charge in [0.1, 0.15) is 0 Å². The Morgan fingerprint density at radius 1 is 1.26 bits per heavy atom. The van der Waals surface area contributed by atoms with Gasteiger partial charge in [-0.3, -0.25) is 0 Å². The Balaban J connectivity index is 1.88. The zero-order valence-electron chi connectivity index (χ0n) is 11.0. The maximum absolute atomic E-state index is 5.32. The number of anilines is 2. The van der Waals surface area contributed by atoms with E-state index in [0.29, 0.717) is 5.88 Å². The summed E-state index contributed by atoms with van der Waals surface area (Å²) < 4.78 is 5.32. The number of benzene rings is 1. The number of methoxy groups -OCH3 is 1. The van der Waals surface area contributed by atoms with Crippen LogP contribution in [0.15, 0.2) is 42.6 Å². The van der Waals surface area contributed by atoms with Crippen molar-refractivity contribution < 1.29 is 4.74 Å². The highest BCUT2D eigenvalue weighted by Gasteiger charge is 2.17. The van der Waals surface area contributed by atoms with Crippen LogP contribution in [0.1, 0.15) is 5.56 Å². The van der Waals surface area contributed by atoms with Gasteiger partial charge in [0.15, 0.2) is 0 Å². The number of aromatic nitrogens is 1. The molecule has 19 heavy (non-hydrogen) atoms. The first-order valence-electron chi connectivity index (χ1n) is 6.44. The molecule has 2 heterocycles. The second kappa shape index (κ2) is 5.18. The van der Waals surface area contributed by atoms with Crippen molar-refractivity contribution in [3.05, 3.63) is 48.2 Å². The molecule has 4 heteroatoms. The molecule has 0 fully saturated rings. The first kappa shape index (κ1) is 11.8. The second-order valence-corrected chi connectivity index (χ2v) is 4.54. The zero-order valence-corrected chi connectivity index (χ0v) is 11.0. The Morgan fingerprint density at radius 3 is 3.05 bits per heavy atom. The Hall–Kier alpha value is -2.23. The van der Waals surface area contributed by atoms with Crippen molar-refractivity contribution in [1.82, 2.24) is 4.98 Å². The number of rotatable bonds is 3. The van der Waals surface area contributed by atoms with Crippen LogP contribution in [0.3, 0.4) is 0 Å². The molecular weight excluding hydrogens is 238 g/mol. The van der Waals surface area contributed by atoms with Crippen molar-refractivity contribution in [2.45, 2.75) is 6.54 Å². The lowest BCUT2D eigenvalue weighted by molar-refractivity contribution is 0.392. The minimum atomic E-state index is 0.707. The number of nitrogens with one attached hydrogen (secondary N) is 1. The van der Waals surface area contributed by atoms with Gasteiger partial charge < -0.3 is 15.0 Å². The fourth-order valence-corrected chi connectivity index (χ4v) is 2.44. The molecule has 1 aromatic heterocycles. The van der Waals surface area contributed by atoms with E-state index in [4.69, 9.17) is 4.74 Å². The molecule has 2 aromatic rings. The van der Waals surface area contributed by atoms with E-state index in [9.17, 15) is 0 Å². The molecule has 3 rings (SSSR count). The first-order chi connectivity index (χ1) is 9.38. The number of pyridine rings is 1. The van der Waals surface area contributed by atoms with Crippen LogP contribution in [0.2, 0.25) is 0 Å². The quantitative estimate of drug-likeness (QED) is 0.914. The molecule has 0 saturated carbocycles. The van der Waals surface area contributed by atoms with Crippen molar-refractivity contribution in [2.75, 3.05) is 30.4 Å². The van der Waals surface area contributed by atoms with Gasteiger partial charge >= 0.3 is 0 Å². The summed E-state index contributed by atoms with van der Waals surface area (Å²) >= 11 is 0. The van der Waals surface area contributed by atoms with Crippen molar-refractivity contribution in [2.24, 2.45) is 0 Å². The average molecular weight is 255 g/mol. The summed E-state index contributed by atoms with van der Waals surface area (Å²) in [6.45, 7) is 2.75. The van der Waals surface area contributed by atoms with Crippen LogP contribution in [-0.2, 0) is 6.54 Å². The average Bonchev–Trinajstić information content (AvgIpc) is 2.48. The Morgan fingerprint density at radius 2 is 2.16 bits per heavy atom. The van der Waals surface area contributed by atoms with Crippen LogP contribution in [0.25, 0.3) is 0 Å². The van der Waals surface area contributed by atoms with Gasteiger partial charge in [-0.05, 0) is 18.2 Å². The van der Waals surface area contributed by atoms with Gasteiger partial charge in [0, 0.05) is 31.4 Å². The third-order valence-electron chi connectivity index (χ3n) is 3.35. The fourth-order valence-electron chi connectivity index (χ4n) is 2.44. The van der Waals surface area contributed by atoms with E-state index in [0.717, 1.165) is 25.2 Å². The van der Waals surface area contributed by atoms with Crippen LogP contribution < -0.4 is 15.0 Å². The minimum Gasteiger partial charge on any atom is -0.481 e. The van der Waals surface area contributed by atoms with Gasteiger partial charge in [-0.25, -0.2) is 4.98 Å². The molecule has 0 aliphatic carbocycles. The molecule has 0 bridgehead atoms. The van der Waals surface area contributed by atoms with Crippen LogP contribution in [0.4, 0.5) is 11.4 Å². The monoisotopic (exact) mass is 255 g/mol. The maximum atomic E-state index is 5.32. The van der Waals surface area contributed by atoms with E-state index >= 15 is 0 Å². The van der Waals surface area contributed by atoms with Gasteiger partial charge in [0.25, 0.3) is 0 Å². The highest BCUT2D eigenvalue weighted by molar-refractivity contribution is 5.72. The van der Waals surface area contributed by atoms with Crippen molar-refractivity contribution in [1.29, 1.82) is 0 Å². The third kappa shape index (κ3) is 2.34. The highest BCUT2D eigenvalue weighted by atomic mass is 16.5. The van der Waals surface area contributed by atoms with Gasteiger partial charge in [-0.2, -0.15) is 0 Å². The van der Waals surface area contributed by atoms with E-state index in [-0.39, 0.29) is 0 Å². The van der Waals surface area contributed by atoms with Crippen molar-refractivity contribution in [3.8, 4) is 5.88 Å². The van der Waals surface area contributed by atoms with E-state index in [1.54, 1.807) is 13.3 Å². The van der Waals surface area contributed by atoms with Crippen LogP contribution in [0.5, 0.6) is 5.88 Å². The topological polar surface area (TPSA) is 37.4 Å². The van der Waals surface area contributed by atoms with E-state index in [1.165, 1.54) is 11.4 Å². The molecule has 98 valence electrons. The smallest absolute Gasteiger partial charge is 0.218 e. The molecule has 0 radical (unpaired) electrons. The molecule has 1 N–H and O–H groups in total. The summed E-state index contributed by atoms with van der Waals surface area (Å²) in [4.78, 5) is 6.61. The summed E-state index contributed by atoms with van der Waals surface area (Å²) in [7, 11) is 1.66. The number of hydrogen-bond donors (Lipinski definition) is 1. The molecule has 4 nitrogen and oxygen atoms in total. The number of fused-ring (bicyclic) bond motifs is 1. The molecule has 0 unspecified atom stereocenters. The Kier molecular flexibility index (Phi) is 3.23. The molecule has 0 spiro atoms. The summed E-state index contributed by atoms with van der Waals surface area (Å²) in [5.41, 5.74) is 3.54. The lowest BCUT2D eigenvalue weighted by Gasteiger charge is -2.32. The van der Waals surface area contributed by atoms with Crippen LogP contribution in [0, 0.1) is 0 Å². The SMILES string of the molecule is COc1ncccc1CN1CCNc2ccccc21. The van der Waals surface area contributed by atoms with Crippen LogP contribution >= 0.6 is 0 Å². The first-order valence-corrected chi connectivity index (χ1v) is 6.44. The predicted molar refractivity (Wildman–Crippen MR) is 76.8 cm³/mol. The number of ether oxygens (including phenoxy) is 1. The van der Waals surface area contributed by atoms with Gasteiger partial charge in [0.2, 0.25) is 5.88 Å². The largest absolute Gasteiger partial charge is 0.481 e. The molecule has 0 amide bonds. The van der Waals surface area contributed by atoms with E-state index in [1.807, 2.05) is 6.07 Å². The summed E-state index contributed by atoms with van der Waals surface area (Å²) in [6, 6.07) is 12.4. The van der Waals surface area contributed by atoms with E-state index < -0.39 is 0 Å². The molecule has 0 saturated heterocycles. The van der Waals surface area contributed by atoms with Crippen molar-refractivity contribution >= 4 is 11.4 Å². The summed E-state index contributed by atoms with van der Waals surface area (Å²) in [5, 5.41) is 3.42. The lowest BCUT2D eigenvalue weighted by Crippen LogP contribution is -2.33. The van der Waals surface area contributed by atoms with Gasteiger partial charge in [-0.15, -0.1) is 0 Å². The van der Waals surface area contributed by atoms with Gasteiger partial charge in [0.05, 0.1) is 18.5 Å². The fraction of sp³-hybridized carbons (Fsp3) is 0.267. The number of nitrogens with zero attached hydrogens (tertiary/aromatic N) is 2. The Labute approximate surface area is 113 Å². The standard InChI is InChI=1S/C15H17N3O/c1-19-15-12(5-4-8-17-15)11-18-10-9-16-13-6-2-3-7-14(13)18/h2-8,16H,9-11H2,1H3. The summed E-state index contributed by atoms with van der Waals surface area (Å²) in [6.07, 6.45) is 1.76. The lowest BCUT2D eigenvalue weighted by atomic mass is 10.1.